The summed E-state index contributed by atoms with van der Waals surface area (Å²) in [6.45, 7) is 1.10. The van der Waals surface area contributed by atoms with E-state index in [2.05, 4.69) is 0 Å². The number of rotatable bonds is 6. The Balaban J connectivity index is 1.66. The molecule has 104 valence electrons. The van der Waals surface area contributed by atoms with Gasteiger partial charge in [0.1, 0.15) is 11.6 Å². The molecule has 1 aliphatic rings. The van der Waals surface area contributed by atoms with E-state index in [1.54, 1.807) is 24.1 Å². The van der Waals surface area contributed by atoms with E-state index in [1.165, 1.54) is 12.1 Å². The van der Waals surface area contributed by atoms with Gasteiger partial charge in [0, 0.05) is 13.6 Å². The number of carbonyl (C=O) groups excluding carboxylic acids is 1. The van der Waals surface area contributed by atoms with Gasteiger partial charge in [-0.1, -0.05) is 0 Å². The fourth-order valence-corrected chi connectivity index (χ4v) is 1.85. The molecule has 2 rings (SSSR count). The number of halogens is 1. The van der Waals surface area contributed by atoms with Crippen LogP contribution in [0.3, 0.4) is 0 Å². The Bertz CT molecular complexity index is 443. The highest BCUT2D eigenvalue weighted by Crippen LogP contribution is 2.33. The third kappa shape index (κ3) is 3.67. The number of ether oxygens (including phenoxy) is 1. The molecule has 0 heterocycles. The first-order valence-electron chi connectivity index (χ1n) is 6.44. The number of hydrogen-bond acceptors (Lipinski definition) is 3. The van der Waals surface area contributed by atoms with Crippen LogP contribution in [0.5, 0.6) is 5.75 Å². The Morgan fingerprint density at radius 2 is 2.05 bits per heavy atom. The van der Waals surface area contributed by atoms with Crippen LogP contribution >= 0.6 is 0 Å². The first-order valence-corrected chi connectivity index (χ1v) is 6.44. The van der Waals surface area contributed by atoms with E-state index in [9.17, 15) is 9.18 Å². The summed E-state index contributed by atoms with van der Waals surface area (Å²) in [4.78, 5) is 13.5. The van der Waals surface area contributed by atoms with E-state index in [1.807, 2.05) is 0 Å². The number of nitrogens with two attached hydrogens (primary N) is 1. The van der Waals surface area contributed by atoms with Gasteiger partial charge in [0.15, 0.2) is 0 Å². The van der Waals surface area contributed by atoms with Crippen LogP contribution in [-0.4, -0.2) is 36.5 Å². The first kappa shape index (κ1) is 13.8. The lowest BCUT2D eigenvalue weighted by Gasteiger charge is -2.20. The summed E-state index contributed by atoms with van der Waals surface area (Å²) >= 11 is 0. The van der Waals surface area contributed by atoms with Gasteiger partial charge < -0.3 is 15.4 Å². The molecule has 0 unspecified atom stereocenters. The van der Waals surface area contributed by atoms with Crippen LogP contribution in [0.25, 0.3) is 0 Å². The van der Waals surface area contributed by atoms with E-state index in [4.69, 9.17) is 10.5 Å². The summed E-state index contributed by atoms with van der Waals surface area (Å²) < 4.78 is 18.1. The standard InChI is InChI=1S/C14H19FN2O2/c1-17(13(18)14(16)7-8-14)9-2-10-19-12-5-3-11(15)4-6-12/h3-6H,2,7-10,16H2,1H3. The van der Waals surface area contributed by atoms with Gasteiger partial charge in [0.2, 0.25) is 5.91 Å². The lowest BCUT2D eigenvalue weighted by Crippen LogP contribution is -2.44. The minimum atomic E-state index is -0.605. The van der Waals surface area contributed by atoms with E-state index >= 15 is 0 Å². The van der Waals surface area contributed by atoms with Gasteiger partial charge in [-0.25, -0.2) is 4.39 Å². The zero-order valence-electron chi connectivity index (χ0n) is 11.1. The first-order chi connectivity index (χ1) is 9.01. The molecule has 1 saturated carbocycles. The predicted octanol–water partition coefficient (Wildman–Crippen LogP) is 1.54. The molecule has 1 aliphatic carbocycles. The van der Waals surface area contributed by atoms with Gasteiger partial charge in [0.05, 0.1) is 12.1 Å². The average Bonchev–Trinajstić information content (AvgIpc) is 3.15. The van der Waals surface area contributed by atoms with Gasteiger partial charge in [-0.2, -0.15) is 0 Å². The molecule has 19 heavy (non-hydrogen) atoms. The minimum absolute atomic E-state index is 0.00859. The summed E-state index contributed by atoms with van der Waals surface area (Å²) in [5.41, 5.74) is 5.24. The van der Waals surface area contributed by atoms with Crippen molar-refractivity contribution in [3.8, 4) is 5.75 Å². The average molecular weight is 266 g/mol. The number of likely N-dealkylation sites (N-methyl/N-ethyl adjacent to an activating group) is 1. The molecule has 0 atom stereocenters. The maximum atomic E-state index is 12.7. The van der Waals surface area contributed by atoms with Crippen molar-refractivity contribution >= 4 is 5.91 Å². The summed E-state index contributed by atoms with van der Waals surface area (Å²) in [7, 11) is 1.76. The quantitative estimate of drug-likeness (QED) is 0.795. The van der Waals surface area contributed by atoms with E-state index < -0.39 is 5.54 Å². The molecular formula is C14H19FN2O2. The second-order valence-corrected chi connectivity index (χ2v) is 5.04. The number of benzene rings is 1. The number of amides is 1. The third-order valence-corrected chi connectivity index (χ3v) is 3.28. The fraction of sp³-hybridized carbons (Fsp3) is 0.500. The highest BCUT2D eigenvalue weighted by atomic mass is 19.1. The van der Waals surface area contributed by atoms with Crippen LogP contribution < -0.4 is 10.5 Å². The minimum Gasteiger partial charge on any atom is -0.494 e. The van der Waals surface area contributed by atoms with Crippen molar-refractivity contribution in [3.63, 3.8) is 0 Å². The summed E-state index contributed by atoms with van der Waals surface area (Å²) in [5, 5.41) is 0. The lowest BCUT2D eigenvalue weighted by atomic mass is 10.2. The molecule has 0 aromatic heterocycles. The molecule has 1 aromatic rings. The maximum absolute atomic E-state index is 12.7. The largest absolute Gasteiger partial charge is 0.494 e. The topological polar surface area (TPSA) is 55.6 Å². The maximum Gasteiger partial charge on any atom is 0.242 e. The molecule has 4 nitrogen and oxygen atoms in total. The van der Waals surface area contributed by atoms with E-state index in [0.717, 1.165) is 19.3 Å². The Hall–Kier alpha value is -1.62. The number of nitrogens with zero attached hydrogens (tertiary/aromatic N) is 1. The van der Waals surface area contributed by atoms with Crippen LogP contribution in [0.1, 0.15) is 19.3 Å². The molecule has 5 heteroatoms. The molecule has 1 amide bonds. The smallest absolute Gasteiger partial charge is 0.242 e. The monoisotopic (exact) mass is 266 g/mol. The third-order valence-electron chi connectivity index (χ3n) is 3.28. The van der Waals surface area contributed by atoms with Crippen LogP contribution in [0, 0.1) is 5.82 Å². The second kappa shape index (κ2) is 5.57. The Morgan fingerprint density at radius 1 is 1.42 bits per heavy atom. The van der Waals surface area contributed by atoms with Gasteiger partial charge in [-0.3, -0.25) is 4.79 Å². The summed E-state index contributed by atoms with van der Waals surface area (Å²) in [6.07, 6.45) is 2.28. The molecule has 0 aliphatic heterocycles. The molecule has 1 aromatic carbocycles. The van der Waals surface area contributed by atoms with Crippen molar-refractivity contribution in [2.45, 2.75) is 24.8 Å². The highest BCUT2D eigenvalue weighted by molar-refractivity contribution is 5.88. The molecule has 0 bridgehead atoms. The van der Waals surface area contributed by atoms with Crippen molar-refractivity contribution < 1.29 is 13.9 Å². The Kier molecular flexibility index (Phi) is 4.04. The van der Waals surface area contributed by atoms with Gasteiger partial charge >= 0.3 is 0 Å². The normalized spacial score (nSPS) is 15.9. The van der Waals surface area contributed by atoms with E-state index in [0.29, 0.717) is 18.9 Å². The highest BCUT2D eigenvalue weighted by Gasteiger charge is 2.47. The van der Waals surface area contributed by atoms with Gasteiger partial charge in [0.25, 0.3) is 0 Å². The second-order valence-electron chi connectivity index (χ2n) is 5.04. The predicted molar refractivity (Wildman–Crippen MR) is 70.3 cm³/mol. The van der Waals surface area contributed by atoms with Crippen molar-refractivity contribution in [1.29, 1.82) is 0 Å². The summed E-state index contributed by atoms with van der Waals surface area (Å²) in [6, 6.07) is 5.89. The number of carbonyl (C=O) groups is 1. The van der Waals surface area contributed by atoms with Crippen molar-refractivity contribution in [3.05, 3.63) is 30.1 Å². The van der Waals surface area contributed by atoms with Crippen LogP contribution in [0.2, 0.25) is 0 Å². The van der Waals surface area contributed by atoms with Crippen LogP contribution in [-0.2, 0) is 4.79 Å². The molecule has 0 spiro atoms. The van der Waals surface area contributed by atoms with Gasteiger partial charge in [-0.15, -0.1) is 0 Å². The summed E-state index contributed by atoms with van der Waals surface area (Å²) in [5.74, 6) is 0.359. The molecule has 0 saturated heterocycles. The van der Waals surface area contributed by atoms with Crippen molar-refractivity contribution in [2.24, 2.45) is 5.73 Å². The van der Waals surface area contributed by atoms with Crippen LogP contribution in [0.15, 0.2) is 24.3 Å². The zero-order chi connectivity index (χ0) is 13.9. The molecule has 1 fully saturated rings. The van der Waals surface area contributed by atoms with Crippen molar-refractivity contribution in [2.75, 3.05) is 20.2 Å². The van der Waals surface area contributed by atoms with Crippen molar-refractivity contribution in [1.82, 2.24) is 4.90 Å². The zero-order valence-corrected chi connectivity index (χ0v) is 11.1. The SMILES string of the molecule is CN(CCCOc1ccc(F)cc1)C(=O)C1(N)CC1. The molecule has 2 N–H and O–H groups in total. The molecular weight excluding hydrogens is 247 g/mol. The van der Waals surface area contributed by atoms with E-state index in [-0.39, 0.29) is 11.7 Å². The lowest BCUT2D eigenvalue weighted by molar-refractivity contribution is -0.132. The van der Waals surface area contributed by atoms with Crippen LogP contribution in [0.4, 0.5) is 4.39 Å². The fourth-order valence-electron chi connectivity index (χ4n) is 1.85. The Labute approximate surface area is 112 Å². The Morgan fingerprint density at radius 3 is 2.63 bits per heavy atom. The van der Waals surface area contributed by atoms with Gasteiger partial charge in [-0.05, 0) is 43.5 Å². The number of hydrogen-bond donors (Lipinski definition) is 1. The molecule has 0 radical (unpaired) electrons.